The number of para-hydroxylation sites is 1. The number of halogens is 1. The van der Waals surface area contributed by atoms with Crippen LogP contribution in [0.2, 0.25) is 5.02 Å². The topological polar surface area (TPSA) is 64.4 Å². The molecule has 2 aromatic carbocycles. The van der Waals surface area contributed by atoms with Crippen LogP contribution in [0.3, 0.4) is 0 Å². The van der Waals surface area contributed by atoms with Crippen molar-refractivity contribution in [2.75, 3.05) is 0 Å². The number of amides is 1. The molecule has 158 valence electrons. The van der Waals surface area contributed by atoms with Gasteiger partial charge in [-0.25, -0.2) is 0 Å². The summed E-state index contributed by atoms with van der Waals surface area (Å²) in [6, 6.07) is 15.3. The molecule has 1 N–H and O–H groups in total. The van der Waals surface area contributed by atoms with Crippen molar-refractivity contribution in [2.45, 2.75) is 52.7 Å². The van der Waals surface area contributed by atoms with Gasteiger partial charge in [-0.15, -0.1) is 0 Å². The number of nitrogens with zero attached hydrogens (tertiary/aromatic N) is 1. The number of hydrogen-bond acceptors (Lipinski definition) is 4. The predicted octanol–water partition coefficient (Wildman–Crippen LogP) is 6.00. The molecule has 0 aliphatic rings. The summed E-state index contributed by atoms with van der Waals surface area (Å²) in [5, 5.41) is 7.44. The van der Waals surface area contributed by atoms with E-state index in [-0.39, 0.29) is 29.7 Å². The lowest BCUT2D eigenvalue weighted by molar-refractivity contribution is 0.0928. The van der Waals surface area contributed by atoms with E-state index in [1.165, 1.54) is 5.56 Å². The Kier molecular flexibility index (Phi) is 6.52. The molecule has 6 heteroatoms. The zero-order valence-corrected chi connectivity index (χ0v) is 18.7. The van der Waals surface area contributed by atoms with Crippen LogP contribution < -0.4 is 10.1 Å². The number of carbonyl (C=O) groups excluding carboxylic acids is 1. The maximum absolute atomic E-state index is 12.9. The number of ether oxygens (including phenoxy) is 1. The summed E-state index contributed by atoms with van der Waals surface area (Å²) in [7, 11) is 0. The third kappa shape index (κ3) is 5.03. The van der Waals surface area contributed by atoms with Crippen LogP contribution in [-0.4, -0.2) is 11.1 Å². The molecule has 0 bridgehead atoms. The van der Waals surface area contributed by atoms with Crippen LogP contribution in [0.1, 0.15) is 66.7 Å². The molecule has 3 aromatic rings. The van der Waals surface area contributed by atoms with E-state index in [1.54, 1.807) is 19.1 Å². The zero-order chi connectivity index (χ0) is 21.9. The first-order valence-corrected chi connectivity index (χ1v) is 10.3. The number of hydrogen-bond donors (Lipinski definition) is 1. The van der Waals surface area contributed by atoms with Gasteiger partial charge in [-0.3, -0.25) is 4.79 Å². The zero-order valence-electron chi connectivity index (χ0n) is 18.0. The highest BCUT2D eigenvalue weighted by molar-refractivity contribution is 6.32. The monoisotopic (exact) mass is 426 g/mol. The lowest BCUT2D eigenvalue weighted by Crippen LogP contribution is -2.28. The second-order valence-corrected chi connectivity index (χ2v) is 8.76. The highest BCUT2D eigenvalue weighted by atomic mass is 35.5. The van der Waals surface area contributed by atoms with Crippen LogP contribution >= 0.6 is 11.6 Å². The molecule has 0 saturated carbocycles. The molecule has 30 heavy (non-hydrogen) atoms. The number of aromatic nitrogens is 1. The summed E-state index contributed by atoms with van der Waals surface area (Å²) >= 11 is 6.14. The largest absolute Gasteiger partial charge is 0.487 e. The van der Waals surface area contributed by atoms with E-state index >= 15 is 0 Å². The first-order chi connectivity index (χ1) is 14.2. The predicted molar refractivity (Wildman–Crippen MR) is 118 cm³/mol. The van der Waals surface area contributed by atoms with Crippen LogP contribution in [0.25, 0.3) is 0 Å². The molecule has 0 spiro atoms. The lowest BCUT2D eigenvalue weighted by atomic mass is 9.86. The van der Waals surface area contributed by atoms with Crippen molar-refractivity contribution in [3.8, 4) is 5.75 Å². The second kappa shape index (κ2) is 8.92. The number of carbonyl (C=O) groups is 1. The Morgan fingerprint density at radius 1 is 1.17 bits per heavy atom. The fraction of sp³-hybridized carbons (Fsp3) is 0.333. The maximum Gasteiger partial charge on any atom is 0.274 e. The van der Waals surface area contributed by atoms with Crippen LogP contribution in [0.4, 0.5) is 0 Å². The maximum atomic E-state index is 12.9. The van der Waals surface area contributed by atoms with Crippen LogP contribution in [0, 0.1) is 6.92 Å². The van der Waals surface area contributed by atoms with Crippen molar-refractivity contribution in [1.29, 1.82) is 0 Å². The summed E-state index contributed by atoms with van der Waals surface area (Å²) in [6.45, 7) is 10.3. The molecule has 1 atom stereocenters. The highest BCUT2D eigenvalue weighted by Crippen LogP contribution is 2.26. The van der Waals surface area contributed by atoms with Crippen LogP contribution in [0.5, 0.6) is 5.75 Å². The molecule has 0 aliphatic heterocycles. The third-order valence-corrected chi connectivity index (χ3v) is 5.34. The molecule has 0 aliphatic carbocycles. The summed E-state index contributed by atoms with van der Waals surface area (Å²) in [5.74, 6) is 0.768. The van der Waals surface area contributed by atoms with Gasteiger partial charge in [0.15, 0.2) is 5.69 Å². The molecule has 0 radical (unpaired) electrons. The van der Waals surface area contributed by atoms with Gasteiger partial charge in [-0.05, 0) is 42.5 Å². The first kappa shape index (κ1) is 21.9. The molecule has 0 saturated heterocycles. The normalized spacial score (nSPS) is 12.5. The van der Waals surface area contributed by atoms with Crippen molar-refractivity contribution in [2.24, 2.45) is 0 Å². The second-order valence-electron chi connectivity index (χ2n) is 8.35. The Morgan fingerprint density at radius 2 is 1.83 bits per heavy atom. The SMILES string of the molecule is Cc1onc(C(=O)NC(C)c2ccc(C(C)(C)C)cc2)c1COc1ccccc1Cl. The van der Waals surface area contributed by atoms with Crippen LogP contribution in [-0.2, 0) is 12.0 Å². The van der Waals surface area contributed by atoms with Crippen molar-refractivity contribution < 1.29 is 14.1 Å². The Labute approximate surface area is 182 Å². The summed E-state index contributed by atoms with van der Waals surface area (Å²) in [6.07, 6.45) is 0. The smallest absolute Gasteiger partial charge is 0.274 e. The van der Waals surface area contributed by atoms with Crippen molar-refractivity contribution >= 4 is 17.5 Å². The van der Waals surface area contributed by atoms with Gasteiger partial charge in [0.05, 0.1) is 16.6 Å². The molecule has 1 aromatic heterocycles. The van der Waals surface area contributed by atoms with E-state index in [9.17, 15) is 4.79 Å². The Hall–Kier alpha value is -2.79. The Balaban J connectivity index is 1.70. The van der Waals surface area contributed by atoms with Gasteiger partial charge in [0.25, 0.3) is 5.91 Å². The number of aryl methyl sites for hydroxylation is 1. The van der Waals surface area contributed by atoms with E-state index in [4.69, 9.17) is 20.9 Å². The third-order valence-electron chi connectivity index (χ3n) is 5.03. The van der Waals surface area contributed by atoms with Gasteiger partial charge in [-0.2, -0.15) is 0 Å². The lowest BCUT2D eigenvalue weighted by Gasteiger charge is -2.20. The molecule has 1 amide bonds. The van der Waals surface area contributed by atoms with Gasteiger partial charge in [0.2, 0.25) is 0 Å². The molecule has 1 heterocycles. The minimum absolute atomic E-state index is 0.0831. The molecule has 3 rings (SSSR count). The van der Waals surface area contributed by atoms with Gasteiger partial charge in [0, 0.05) is 0 Å². The molecular weight excluding hydrogens is 400 g/mol. The van der Waals surface area contributed by atoms with Crippen molar-refractivity contribution in [3.63, 3.8) is 0 Å². The number of rotatable bonds is 6. The fourth-order valence-corrected chi connectivity index (χ4v) is 3.26. The van der Waals surface area contributed by atoms with E-state index in [0.29, 0.717) is 22.1 Å². The van der Waals surface area contributed by atoms with Gasteiger partial charge < -0.3 is 14.6 Å². The average molecular weight is 427 g/mol. The fourth-order valence-electron chi connectivity index (χ4n) is 3.07. The highest BCUT2D eigenvalue weighted by Gasteiger charge is 2.22. The van der Waals surface area contributed by atoms with E-state index in [0.717, 1.165) is 5.56 Å². The molecule has 0 fully saturated rings. The van der Waals surface area contributed by atoms with Gasteiger partial charge in [0.1, 0.15) is 18.1 Å². The van der Waals surface area contributed by atoms with E-state index < -0.39 is 0 Å². The standard InChI is InChI=1S/C24H27ClN2O3/c1-15(17-10-12-18(13-11-17)24(3,4)5)26-23(28)22-19(16(2)30-27-22)14-29-21-9-7-6-8-20(21)25/h6-13,15H,14H2,1-5H3,(H,26,28). The first-order valence-electron chi connectivity index (χ1n) is 9.90. The van der Waals surface area contributed by atoms with Crippen molar-refractivity contribution in [1.82, 2.24) is 10.5 Å². The van der Waals surface area contributed by atoms with Gasteiger partial charge in [-0.1, -0.05) is 73.9 Å². The van der Waals surface area contributed by atoms with E-state index in [1.807, 2.05) is 31.2 Å². The summed E-state index contributed by atoms with van der Waals surface area (Å²) in [5.41, 5.74) is 3.17. The van der Waals surface area contributed by atoms with Crippen molar-refractivity contribution in [3.05, 3.63) is 81.7 Å². The minimum Gasteiger partial charge on any atom is -0.487 e. The molecule has 5 nitrogen and oxygen atoms in total. The van der Waals surface area contributed by atoms with E-state index in [2.05, 4.69) is 43.4 Å². The Bertz CT molecular complexity index is 1020. The average Bonchev–Trinajstić information content (AvgIpc) is 3.07. The number of nitrogens with one attached hydrogen (secondary N) is 1. The summed E-state index contributed by atoms with van der Waals surface area (Å²) in [4.78, 5) is 12.9. The quantitative estimate of drug-likeness (QED) is 0.524. The molecule has 1 unspecified atom stereocenters. The minimum atomic E-state index is -0.308. The van der Waals surface area contributed by atoms with Crippen LogP contribution in [0.15, 0.2) is 53.1 Å². The van der Waals surface area contributed by atoms with Gasteiger partial charge >= 0.3 is 0 Å². The molecular formula is C24H27ClN2O3. The Morgan fingerprint density at radius 3 is 2.47 bits per heavy atom. The number of benzene rings is 2. The summed E-state index contributed by atoms with van der Waals surface area (Å²) < 4.78 is 11.0.